The van der Waals surface area contributed by atoms with Gasteiger partial charge in [-0.2, -0.15) is 8.42 Å². The molecule has 0 aliphatic carbocycles. The first-order valence-corrected chi connectivity index (χ1v) is 11.2. The van der Waals surface area contributed by atoms with Crippen LogP contribution in [0.5, 0.6) is 0 Å². The van der Waals surface area contributed by atoms with E-state index in [1.165, 1.54) is 0 Å². The molecule has 8 nitrogen and oxygen atoms in total. The van der Waals surface area contributed by atoms with E-state index in [0.717, 1.165) is 43.6 Å². The molecule has 6 aromatic rings. The third-order valence-electron chi connectivity index (χ3n) is 4.69. The fourth-order valence-corrected chi connectivity index (χ4v) is 3.36. The van der Waals surface area contributed by atoms with Crippen molar-refractivity contribution in [2.75, 3.05) is 0 Å². The zero-order valence-electron chi connectivity index (χ0n) is 17.4. The molecule has 4 aromatic heterocycles. The maximum Gasteiger partial charge on any atom is 2.00 e. The second-order valence-electron chi connectivity index (χ2n) is 6.88. The summed E-state index contributed by atoms with van der Waals surface area (Å²) in [6.07, 6.45) is 7.21. The molecule has 2 N–H and O–H groups in total. The molecule has 0 amide bonds. The number of hydrogen-bond donors (Lipinski definition) is 2. The molecule has 0 aliphatic rings. The van der Waals surface area contributed by atoms with Crippen molar-refractivity contribution in [1.82, 2.24) is 19.9 Å². The summed E-state index contributed by atoms with van der Waals surface area (Å²) in [7, 11) is -4.67. The van der Waals surface area contributed by atoms with Gasteiger partial charge in [0.1, 0.15) is 0 Å². The molecule has 34 heavy (non-hydrogen) atoms. The van der Waals surface area contributed by atoms with E-state index in [1.807, 2.05) is 24.3 Å². The van der Waals surface area contributed by atoms with Gasteiger partial charge in [-0.05, 0) is 24.3 Å². The Bertz CT molecular complexity index is 1450. The van der Waals surface area contributed by atoms with Crippen LogP contribution < -0.4 is 0 Å². The molecule has 0 unspecified atom stereocenters. The Balaban J connectivity index is 0.000000156. The summed E-state index contributed by atoms with van der Waals surface area (Å²) in [5.41, 5.74) is 3.91. The van der Waals surface area contributed by atoms with Crippen molar-refractivity contribution in [2.24, 2.45) is 0 Å². The maximum atomic E-state index is 8.74. The molecular formula is C24H18CuN4O4S+2. The molecule has 0 aliphatic heterocycles. The summed E-state index contributed by atoms with van der Waals surface area (Å²) in [6, 6.07) is 24.3. The smallest absolute Gasteiger partial charge is 0.264 e. The van der Waals surface area contributed by atoms with Gasteiger partial charge in [0.25, 0.3) is 0 Å². The van der Waals surface area contributed by atoms with Gasteiger partial charge in [-0.25, -0.2) is 0 Å². The summed E-state index contributed by atoms with van der Waals surface area (Å²) >= 11 is 0. The molecule has 0 fully saturated rings. The van der Waals surface area contributed by atoms with Crippen molar-refractivity contribution in [3.05, 3.63) is 97.6 Å². The molecule has 10 heteroatoms. The third kappa shape index (κ3) is 6.28. The predicted molar refractivity (Wildman–Crippen MR) is 128 cm³/mol. The van der Waals surface area contributed by atoms with Gasteiger partial charge in [0, 0.05) is 46.3 Å². The topological polar surface area (TPSA) is 126 Å². The van der Waals surface area contributed by atoms with Crippen LogP contribution in [-0.2, 0) is 27.5 Å². The van der Waals surface area contributed by atoms with E-state index in [9.17, 15) is 0 Å². The zero-order chi connectivity index (χ0) is 23.3. The Kier molecular flexibility index (Phi) is 8.17. The first-order valence-electron chi connectivity index (χ1n) is 9.77. The van der Waals surface area contributed by atoms with Gasteiger partial charge in [0.2, 0.25) is 0 Å². The van der Waals surface area contributed by atoms with E-state index >= 15 is 0 Å². The van der Waals surface area contributed by atoms with Crippen LogP contribution in [0.25, 0.3) is 43.6 Å². The molecular weight excluding hydrogens is 504 g/mol. The summed E-state index contributed by atoms with van der Waals surface area (Å²) in [6.45, 7) is 0. The van der Waals surface area contributed by atoms with E-state index in [-0.39, 0.29) is 17.1 Å². The first-order chi connectivity index (χ1) is 15.9. The summed E-state index contributed by atoms with van der Waals surface area (Å²) in [4.78, 5) is 17.4. The number of aromatic nitrogens is 4. The maximum absolute atomic E-state index is 8.74. The van der Waals surface area contributed by atoms with Crippen LogP contribution in [0, 0.1) is 0 Å². The number of nitrogens with zero attached hydrogens (tertiary/aromatic N) is 4. The molecule has 4 heterocycles. The van der Waals surface area contributed by atoms with Crippen LogP contribution in [-0.4, -0.2) is 37.5 Å². The zero-order valence-corrected chi connectivity index (χ0v) is 19.2. The van der Waals surface area contributed by atoms with Gasteiger partial charge in [-0.1, -0.05) is 48.5 Å². The van der Waals surface area contributed by atoms with Gasteiger partial charge in [-0.15, -0.1) is 0 Å². The monoisotopic (exact) mass is 521 g/mol. The van der Waals surface area contributed by atoms with Crippen molar-refractivity contribution >= 4 is 54.0 Å². The van der Waals surface area contributed by atoms with E-state index in [2.05, 4.69) is 68.5 Å². The van der Waals surface area contributed by atoms with E-state index in [4.69, 9.17) is 17.5 Å². The molecule has 6 rings (SSSR count). The van der Waals surface area contributed by atoms with Crippen LogP contribution in [0.4, 0.5) is 0 Å². The molecule has 173 valence electrons. The van der Waals surface area contributed by atoms with Crippen molar-refractivity contribution in [3.63, 3.8) is 0 Å². The Morgan fingerprint density at radius 3 is 0.882 bits per heavy atom. The average Bonchev–Trinajstić information content (AvgIpc) is 2.83. The quantitative estimate of drug-likeness (QED) is 0.164. The molecule has 0 bridgehead atoms. The molecule has 0 spiro atoms. The summed E-state index contributed by atoms with van der Waals surface area (Å²) in [5.74, 6) is 0. The minimum atomic E-state index is -4.67. The van der Waals surface area contributed by atoms with Crippen LogP contribution in [0.1, 0.15) is 0 Å². The summed E-state index contributed by atoms with van der Waals surface area (Å²) < 4.78 is 31.6. The summed E-state index contributed by atoms with van der Waals surface area (Å²) in [5, 5.41) is 4.55. The normalized spacial score (nSPS) is 10.6. The molecule has 0 saturated carbocycles. The second-order valence-corrected chi connectivity index (χ2v) is 7.78. The standard InChI is InChI=1S/2C12H8N2.Cu.H2O4S/c2*1-3-9-5-6-10-4-2-8-14-12(10)11(9)13-7-1;;1-5(2,3)4/h2*1-8H;;(H2,1,2,3,4)/q;;+2;. The Labute approximate surface area is 205 Å². The third-order valence-corrected chi connectivity index (χ3v) is 4.69. The number of benzene rings is 2. The molecule has 0 atom stereocenters. The fourth-order valence-electron chi connectivity index (χ4n) is 3.36. The number of rotatable bonds is 0. The van der Waals surface area contributed by atoms with Crippen LogP contribution in [0.3, 0.4) is 0 Å². The van der Waals surface area contributed by atoms with Crippen molar-refractivity contribution < 1.29 is 34.6 Å². The molecule has 0 saturated heterocycles. The average molecular weight is 522 g/mol. The second kappa shape index (κ2) is 11.1. The van der Waals surface area contributed by atoms with Gasteiger partial charge in [-0.3, -0.25) is 29.0 Å². The van der Waals surface area contributed by atoms with Crippen LogP contribution in [0.2, 0.25) is 0 Å². The Hall–Kier alpha value is -3.53. The van der Waals surface area contributed by atoms with Crippen molar-refractivity contribution in [3.8, 4) is 0 Å². The van der Waals surface area contributed by atoms with Crippen LogP contribution in [0.15, 0.2) is 97.6 Å². The van der Waals surface area contributed by atoms with Crippen molar-refractivity contribution in [1.29, 1.82) is 0 Å². The Morgan fingerprint density at radius 2 is 0.676 bits per heavy atom. The van der Waals surface area contributed by atoms with E-state index in [1.54, 1.807) is 24.8 Å². The predicted octanol–water partition coefficient (Wildman–Crippen LogP) is 4.91. The fraction of sp³-hybridized carbons (Fsp3) is 0. The largest absolute Gasteiger partial charge is 2.00 e. The molecule has 2 aromatic carbocycles. The van der Waals surface area contributed by atoms with E-state index < -0.39 is 10.4 Å². The first kappa shape index (κ1) is 25.1. The Morgan fingerprint density at radius 1 is 0.471 bits per heavy atom. The number of pyridine rings is 4. The minimum absolute atomic E-state index is 0. The van der Waals surface area contributed by atoms with Gasteiger partial charge in [0.05, 0.1) is 22.1 Å². The van der Waals surface area contributed by atoms with Crippen LogP contribution >= 0.6 is 0 Å². The number of fused-ring (bicyclic) bond motifs is 6. The van der Waals surface area contributed by atoms with Gasteiger partial charge >= 0.3 is 27.5 Å². The minimum Gasteiger partial charge on any atom is -0.264 e. The van der Waals surface area contributed by atoms with E-state index in [0.29, 0.717) is 0 Å². The SMILES string of the molecule is O=S(=O)(O)O.[Cu+2].c1cnc2c(c1)ccc1cccnc12.c1cnc2c(c1)ccc1cccnc12. The van der Waals surface area contributed by atoms with Gasteiger partial charge in [0.15, 0.2) is 0 Å². The number of hydrogen-bond acceptors (Lipinski definition) is 6. The van der Waals surface area contributed by atoms with Gasteiger partial charge < -0.3 is 0 Å². The van der Waals surface area contributed by atoms with Crippen molar-refractivity contribution in [2.45, 2.75) is 0 Å². The molecule has 1 radical (unpaired) electrons.